The minimum Gasteiger partial charge on any atom is -0.444 e. The van der Waals surface area contributed by atoms with Gasteiger partial charge in [-0.2, -0.15) is 0 Å². The summed E-state index contributed by atoms with van der Waals surface area (Å²) in [6.45, 7) is 5.83. The minimum absolute atomic E-state index is 0.0468. The Morgan fingerprint density at radius 3 is 2.43 bits per heavy atom. The summed E-state index contributed by atoms with van der Waals surface area (Å²) < 4.78 is 7.08. The molecule has 0 radical (unpaired) electrons. The molecule has 0 spiro atoms. The molecule has 0 unspecified atom stereocenters. The van der Waals surface area contributed by atoms with E-state index < -0.39 is 22.9 Å². The molecule has 0 saturated heterocycles. The number of hydrogen-bond donors (Lipinski definition) is 2. The van der Waals surface area contributed by atoms with E-state index in [-0.39, 0.29) is 18.9 Å². The molecule has 0 aromatic carbocycles. The number of rotatable bonds is 4. The highest BCUT2D eigenvalue weighted by Gasteiger charge is 2.15. The summed E-state index contributed by atoms with van der Waals surface area (Å²) in [6, 6.07) is 0. The Labute approximate surface area is 121 Å². The van der Waals surface area contributed by atoms with E-state index in [0.717, 1.165) is 9.25 Å². The van der Waals surface area contributed by atoms with Crippen LogP contribution < -0.4 is 21.9 Å². The molecule has 0 atom stereocenters. The quantitative estimate of drug-likeness (QED) is 0.720. The van der Waals surface area contributed by atoms with Crippen LogP contribution in [0.25, 0.3) is 0 Å². The van der Waals surface area contributed by atoms with Gasteiger partial charge in [-0.1, -0.05) is 0 Å². The lowest BCUT2D eigenvalue weighted by molar-refractivity contribution is 0.0530. The number of aromatic nitrogens is 3. The minimum atomic E-state index is -0.563. The zero-order valence-electron chi connectivity index (χ0n) is 12.9. The van der Waals surface area contributed by atoms with Crippen molar-refractivity contribution in [2.75, 3.05) is 18.4 Å². The maximum Gasteiger partial charge on any atom is 0.407 e. The van der Waals surface area contributed by atoms with Crippen LogP contribution in [-0.4, -0.2) is 39.1 Å². The first-order valence-corrected chi connectivity index (χ1v) is 6.47. The van der Waals surface area contributed by atoms with E-state index in [2.05, 4.69) is 15.7 Å². The Balaban J connectivity index is 2.53. The Morgan fingerprint density at radius 1 is 1.24 bits per heavy atom. The lowest BCUT2D eigenvalue weighted by atomic mass is 10.2. The molecular formula is C12H21N5O4. The molecule has 2 N–H and O–H groups in total. The average Bonchev–Trinajstić information content (AvgIpc) is 2.35. The molecule has 0 bridgehead atoms. The van der Waals surface area contributed by atoms with Gasteiger partial charge in [0.2, 0.25) is 5.82 Å². The van der Waals surface area contributed by atoms with Gasteiger partial charge in [-0.05, 0) is 20.8 Å². The van der Waals surface area contributed by atoms with Gasteiger partial charge in [-0.25, -0.2) is 14.3 Å². The molecule has 1 rings (SSSR count). The molecular weight excluding hydrogens is 278 g/mol. The van der Waals surface area contributed by atoms with Crippen LogP contribution in [-0.2, 0) is 18.8 Å². The average molecular weight is 299 g/mol. The number of alkyl carbamates (subject to hydrolysis) is 1. The van der Waals surface area contributed by atoms with Crippen LogP contribution >= 0.6 is 0 Å². The van der Waals surface area contributed by atoms with E-state index >= 15 is 0 Å². The third-order valence-corrected chi connectivity index (χ3v) is 2.41. The Kier molecular flexibility index (Phi) is 5.12. The molecule has 1 aromatic heterocycles. The number of hydrogen-bond acceptors (Lipinski definition) is 6. The molecule has 0 aliphatic carbocycles. The second kappa shape index (κ2) is 6.42. The number of aryl methyl sites for hydroxylation is 1. The van der Waals surface area contributed by atoms with Crippen LogP contribution in [0.2, 0.25) is 0 Å². The predicted molar refractivity (Wildman–Crippen MR) is 77.4 cm³/mol. The van der Waals surface area contributed by atoms with Crippen molar-refractivity contribution < 1.29 is 9.53 Å². The van der Waals surface area contributed by atoms with Crippen LogP contribution in [0.3, 0.4) is 0 Å². The summed E-state index contributed by atoms with van der Waals surface area (Å²) in [7, 11) is 2.82. The Bertz CT molecular complexity index is 626. The van der Waals surface area contributed by atoms with Gasteiger partial charge in [0.25, 0.3) is 5.56 Å². The van der Waals surface area contributed by atoms with Crippen LogP contribution in [0.1, 0.15) is 20.8 Å². The summed E-state index contributed by atoms with van der Waals surface area (Å²) in [6.07, 6.45) is -0.536. The fourth-order valence-electron chi connectivity index (χ4n) is 1.47. The van der Waals surface area contributed by atoms with Gasteiger partial charge in [0.1, 0.15) is 5.60 Å². The topological polar surface area (TPSA) is 107 Å². The fraction of sp³-hybridized carbons (Fsp3) is 0.667. The number of amides is 1. The van der Waals surface area contributed by atoms with Gasteiger partial charge >= 0.3 is 11.8 Å². The van der Waals surface area contributed by atoms with Crippen molar-refractivity contribution in [3.05, 3.63) is 20.8 Å². The van der Waals surface area contributed by atoms with Crippen molar-refractivity contribution in [3.8, 4) is 0 Å². The van der Waals surface area contributed by atoms with Crippen molar-refractivity contribution in [1.82, 2.24) is 19.7 Å². The third-order valence-electron chi connectivity index (χ3n) is 2.41. The van der Waals surface area contributed by atoms with E-state index in [1.807, 2.05) is 0 Å². The normalized spacial score (nSPS) is 11.1. The number of carbonyl (C=O) groups is 1. The molecule has 0 aliphatic rings. The van der Waals surface area contributed by atoms with E-state index in [4.69, 9.17) is 4.74 Å². The molecule has 118 valence electrons. The monoisotopic (exact) mass is 299 g/mol. The second-order valence-corrected chi connectivity index (χ2v) is 5.47. The molecule has 1 heterocycles. The Hall–Kier alpha value is -2.32. The van der Waals surface area contributed by atoms with Gasteiger partial charge in [-0.15, -0.1) is 5.10 Å². The number of nitrogens with zero attached hydrogens (tertiary/aromatic N) is 3. The zero-order valence-corrected chi connectivity index (χ0v) is 12.9. The highest BCUT2D eigenvalue weighted by atomic mass is 16.6. The summed E-state index contributed by atoms with van der Waals surface area (Å²) >= 11 is 0. The van der Waals surface area contributed by atoms with Gasteiger partial charge in [0, 0.05) is 27.2 Å². The predicted octanol–water partition coefficient (Wildman–Crippen LogP) is -0.584. The first kappa shape index (κ1) is 16.7. The third kappa shape index (κ3) is 4.93. The zero-order chi connectivity index (χ0) is 16.2. The second-order valence-electron chi connectivity index (χ2n) is 5.47. The standard InChI is InChI=1S/C12H21N5O4/c1-12(2,3)21-10(19)14-7-6-13-8-9(18)16(4)11(20)17(5)15-8/h6-7H2,1-5H3,(H,13,15)(H,14,19). The molecule has 1 amide bonds. The Morgan fingerprint density at radius 2 is 1.86 bits per heavy atom. The van der Waals surface area contributed by atoms with Crippen LogP contribution in [0.4, 0.5) is 10.6 Å². The van der Waals surface area contributed by atoms with Crippen molar-refractivity contribution in [2.45, 2.75) is 26.4 Å². The van der Waals surface area contributed by atoms with E-state index in [9.17, 15) is 14.4 Å². The van der Waals surface area contributed by atoms with Gasteiger partial charge < -0.3 is 15.4 Å². The van der Waals surface area contributed by atoms with Gasteiger partial charge in [0.05, 0.1) is 0 Å². The summed E-state index contributed by atoms with van der Waals surface area (Å²) in [5.74, 6) is 0.0468. The molecule has 9 nitrogen and oxygen atoms in total. The number of nitrogens with one attached hydrogen (secondary N) is 2. The number of ether oxygens (including phenoxy) is 1. The first-order valence-electron chi connectivity index (χ1n) is 6.47. The smallest absolute Gasteiger partial charge is 0.407 e. The van der Waals surface area contributed by atoms with Crippen molar-refractivity contribution >= 4 is 11.9 Å². The molecule has 1 aromatic rings. The summed E-state index contributed by atoms with van der Waals surface area (Å²) in [4.78, 5) is 34.6. The van der Waals surface area contributed by atoms with Crippen LogP contribution in [0, 0.1) is 0 Å². The van der Waals surface area contributed by atoms with Crippen molar-refractivity contribution in [1.29, 1.82) is 0 Å². The van der Waals surface area contributed by atoms with Crippen molar-refractivity contribution in [2.24, 2.45) is 14.1 Å². The maximum absolute atomic E-state index is 11.8. The van der Waals surface area contributed by atoms with Crippen LogP contribution in [0.15, 0.2) is 9.59 Å². The number of anilines is 1. The SMILES string of the molecule is Cn1nc(NCCNC(=O)OC(C)(C)C)c(=O)n(C)c1=O. The lowest BCUT2D eigenvalue weighted by Crippen LogP contribution is -2.41. The van der Waals surface area contributed by atoms with Gasteiger partial charge in [-0.3, -0.25) is 9.36 Å². The van der Waals surface area contributed by atoms with E-state index in [0.29, 0.717) is 0 Å². The molecule has 9 heteroatoms. The highest BCUT2D eigenvalue weighted by molar-refractivity contribution is 5.67. The van der Waals surface area contributed by atoms with E-state index in [1.54, 1.807) is 20.8 Å². The van der Waals surface area contributed by atoms with Crippen molar-refractivity contribution in [3.63, 3.8) is 0 Å². The lowest BCUT2D eigenvalue weighted by Gasteiger charge is -2.19. The summed E-state index contributed by atoms with van der Waals surface area (Å²) in [5.41, 5.74) is -1.58. The molecule has 0 fully saturated rings. The summed E-state index contributed by atoms with van der Waals surface area (Å²) in [5, 5.41) is 9.13. The molecule has 21 heavy (non-hydrogen) atoms. The first-order chi connectivity index (χ1) is 9.61. The highest BCUT2D eigenvalue weighted by Crippen LogP contribution is 2.05. The maximum atomic E-state index is 11.8. The van der Waals surface area contributed by atoms with Gasteiger partial charge in [0.15, 0.2) is 0 Å². The fourth-order valence-corrected chi connectivity index (χ4v) is 1.47. The molecule has 0 aliphatic heterocycles. The van der Waals surface area contributed by atoms with E-state index in [1.165, 1.54) is 14.1 Å². The number of carbonyl (C=O) groups excluding carboxylic acids is 1. The molecule has 0 saturated carbocycles. The largest absolute Gasteiger partial charge is 0.444 e. The van der Waals surface area contributed by atoms with Crippen LogP contribution in [0.5, 0.6) is 0 Å².